The Morgan fingerprint density at radius 1 is 1.60 bits per heavy atom. The van der Waals surface area contributed by atoms with Gasteiger partial charge in [-0.25, -0.2) is 8.78 Å². The van der Waals surface area contributed by atoms with E-state index >= 15 is 0 Å². The Kier molecular flexibility index (Phi) is 2.75. The lowest BCUT2D eigenvalue weighted by Crippen LogP contribution is -2.25. The van der Waals surface area contributed by atoms with E-state index in [2.05, 4.69) is 0 Å². The van der Waals surface area contributed by atoms with E-state index < -0.39 is 24.2 Å². The third-order valence-corrected chi connectivity index (χ3v) is 1.20. The predicted molar refractivity (Wildman–Crippen MR) is 32.0 cm³/mol. The van der Waals surface area contributed by atoms with Crippen molar-refractivity contribution in [2.75, 3.05) is 0 Å². The van der Waals surface area contributed by atoms with Crippen molar-refractivity contribution in [1.82, 2.24) is 0 Å². The summed E-state index contributed by atoms with van der Waals surface area (Å²) in [6.45, 7) is 2.46. The van der Waals surface area contributed by atoms with Crippen LogP contribution in [0.5, 0.6) is 0 Å². The molecule has 0 saturated heterocycles. The van der Waals surface area contributed by atoms with Gasteiger partial charge in [0.05, 0.1) is 6.42 Å². The molecule has 0 atom stereocenters. The van der Waals surface area contributed by atoms with E-state index in [0.29, 0.717) is 0 Å². The Labute approximate surface area is 57.9 Å². The quantitative estimate of drug-likeness (QED) is 0.668. The van der Waals surface area contributed by atoms with E-state index in [1.807, 2.05) is 0 Å². The summed E-state index contributed by atoms with van der Waals surface area (Å²) in [5, 5.41) is 8.16. The number of halogens is 2. The van der Waals surface area contributed by atoms with Crippen LogP contribution < -0.4 is 0 Å². The highest BCUT2D eigenvalue weighted by atomic mass is 19.3. The van der Waals surface area contributed by atoms with Gasteiger partial charge in [0.2, 0.25) is 6.43 Å². The number of hydrogen-bond acceptors (Lipinski definition) is 1. The summed E-state index contributed by atoms with van der Waals surface area (Å²) >= 11 is 0. The number of hydrogen-bond donors (Lipinski definition) is 1. The Hall–Kier alpha value is -0.670. The third kappa shape index (κ3) is 2.75. The lowest BCUT2D eigenvalue weighted by atomic mass is 9.90. The van der Waals surface area contributed by atoms with Crippen molar-refractivity contribution in [3.05, 3.63) is 0 Å². The molecule has 0 fully saturated rings. The maximum absolute atomic E-state index is 11.9. The van der Waals surface area contributed by atoms with E-state index in [9.17, 15) is 13.6 Å². The molecule has 0 aliphatic carbocycles. The highest BCUT2D eigenvalue weighted by molar-refractivity contribution is 5.67. The van der Waals surface area contributed by atoms with Gasteiger partial charge in [-0.15, -0.1) is 0 Å². The van der Waals surface area contributed by atoms with Gasteiger partial charge in [0.25, 0.3) is 0 Å². The molecular weight excluding hydrogens is 142 g/mol. The van der Waals surface area contributed by atoms with Gasteiger partial charge in [-0.1, -0.05) is 13.8 Å². The van der Waals surface area contributed by atoms with Gasteiger partial charge in [-0.3, -0.25) is 4.79 Å². The standard InChI is InChI=1S/C6H10F2O2/c1-6(2,5(7)8)3-4(9)10/h5H,3H2,1-2H3,(H,9,10). The molecule has 0 aliphatic heterocycles. The van der Waals surface area contributed by atoms with Crippen molar-refractivity contribution in [3.8, 4) is 0 Å². The Bertz CT molecular complexity index is 132. The fourth-order valence-corrected chi connectivity index (χ4v) is 0.467. The molecule has 0 spiro atoms. The first-order valence-corrected chi connectivity index (χ1v) is 2.86. The molecular formula is C6H10F2O2. The Morgan fingerprint density at radius 2 is 2.00 bits per heavy atom. The molecule has 0 aromatic carbocycles. The van der Waals surface area contributed by atoms with E-state index in [4.69, 9.17) is 5.11 Å². The number of rotatable bonds is 3. The van der Waals surface area contributed by atoms with Crippen LogP contribution in [0.3, 0.4) is 0 Å². The van der Waals surface area contributed by atoms with Crippen molar-refractivity contribution in [1.29, 1.82) is 0 Å². The molecule has 4 heteroatoms. The van der Waals surface area contributed by atoms with Crippen molar-refractivity contribution < 1.29 is 18.7 Å². The second kappa shape index (κ2) is 2.94. The minimum Gasteiger partial charge on any atom is -0.481 e. The molecule has 60 valence electrons. The van der Waals surface area contributed by atoms with E-state index in [1.165, 1.54) is 13.8 Å². The molecule has 0 aliphatic rings. The fraction of sp³-hybridized carbons (Fsp3) is 0.833. The van der Waals surface area contributed by atoms with Crippen LogP contribution in [-0.4, -0.2) is 17.5 Å². The van der Waals surface area contributed by atoms with Gasteiger partial charge in [-0.2, -0.15) is 0 Å². The first kappa shape index (κ1) is 9.33. The number of alkyl halides is 2. The van der Waals surface area contributed by atoms with Gasteiger partial charge < -0.3 is 5.11 Å². The normalized spacial score (nSPS) is 12.1. The van der Waals surface area contributed by atoms with Crippen molar-refractivity contribution >= 4 is 5.97 Å². The zero-order chi connectivity index (χ0) is 8.36. The van der Waals surface area contributed by atoms with Crippen LogP contribution in [0.1, 0.15) is 20.3 Å². The number of carbonyl (C=O) groups is 1. The van der Waals surface area contributed by atoms with E-state index in [1.54, 1.807) is 0 Å². The number of carboxylic acid groups (broad SMARTS) is 1. The van der Waals surface area contributed by atoms with Crippen LogP contribution in [0.25, 0.3) is 0 Å². The van der Waals surface area contributed by atoms with Gasteiger partial charge in [0.1, 0.15) is 0 Å². The van der Waals surface area contributed by atoms with Crippen molar-refractivity contribution in [2.24, 2.45) is 5.41 Å². The third-order valence-electron chi connectivity index (χ3n) is 1.20. The van der Waals surface area contributed by atoms with Gasteiger partial charge in [0.15, 0.2) is 0 Å². The summed E-state index contributed by atoms with van der Waals surface area (Å²) in [7, 11) is 0. The van der Waals surface area contributed by atoms with Gasteiger partial charge >= 0.3 is 5.97 Å². The molecule has 10 heavy (non-hydrogen) atoms. The van der Waals surface area contributed by atoms with Crippen LogP contribution >= 0.6 is 0 Å². The minimum absolute atomic E-state index is 0.495. The van der Waals surface area contributed by atoms with Gasteiger partial charge in [0, 0.05) is 5.41 Å². The molecule has 0 rings (SSSR count). The minimum atomic E-state index is -2.58. The molecule has 2 nitrogen and oxygen atoms in total. The summed E-state index contributed by atoms with van der Waals surface area (Å²) in [5.41, 5.74) is -1.41. The number of aliphatic carboxylic acids is 1. The molecule has 0 bridgehead atoms. The summed E-state index contributed by atoms with van der Waals surface area (Å²) in [4.78, 5) is 9.99. The lowest BCUT2D eigenvalue weighted by Gasteiger charge is -2.20. The summed E-state index contributed by atoms with van der Waals surface area (Å²) < 4.78 is 23.8. The largest absolute Gasteiger partial charge is 0.481 e. The van der Waals surface area contributed by atoms with Crippen molar-refractivity contribution in [2.45, 2.75) is 26.7 Å². The highest BCUT2D eigenvalue weighted by Gasteiger charge is 2.31. The van der Waals surface area contributed by atoms with Crippen LogP contribution in [0, 0.1) is 5.41 Å². The van der Waals surface area contributed by atoms with Crippen molar-refractivity contribution in [3.63, 3.8) is 0 Å². The highest BCUT2D eigenvalue weighted by Crippen LogP contribution is 2.28. The molecule has 0 amide bonds. The molecule has 0 radical (unpaired) electrons. The number of carboxylic acids is 1. The average Bonchev–Trinajstić information content (AvgIpc) is 1.60. The SMILES string of the molecule is CC(C)(CC(=O)O)C(F)F. The van der Waals surface area contributed by atoms with E-state index in [0.717, 1.165) is 0 Å². The molecule has 1 N–H and O–H groups in total. The van der Waals surface area contributed by atoms with Gasteiger partial charge in [-0.05, 0) is 0 Å². The summed E-state index contributed by atoms with van der Waals surface area (Å²) in [6, 6.07) is 0. The average molecular weight is 152 g/mol. The molecule has 0 heterocycles. The Balaban J connectivity index is 3.99. The smallest absolute Gasteiger partial charge is 0.304 e. The van der Waals surface area contributed by atoms with Crippen LogP contribution in [-0.2, 0) is 4.79 Å². The van der Waals surface area contributed by atoms with Crippen LogP contribution in [0.15, 0.2) is 0 Å². The zero-order valence-electron chi connectivity index (χ0n) is 5.90. The summed E-state index contributed by atoms with van der Waals surface area (Å²) in [6.07, 6.45) is -3.08. The molecule has 0 unspecified atom stereocenters. The predicted octanol–water partition coefficient (Wildman–Crippen LogP) is 1.75. The Morgan fingerprint density at radius 3 is 2.10 bits per heavy atom. The maximum Gasteiger partial charge on any atom is 0.304 e. The topological polar surface area (TPSA) is 37.3 Å². The first-order chi connectivity index (χ1) is 4.36. The zero-order valence-corrected chi connectivity index (χ0v) is 5.90. The molecule has 0 aromatic heterocycles. The fourth-order valence-electron chi connectivity index (χ4n) is 0.467. The molecule has 0 aromatic rings. The van der Waals surface area contributed by atoms with Crippen LogP contribution in [0.4, 0.5) is 8.78 Å². The second-order valence-electron chi connectivity index (χ2n) is 2.86. The molecule has 0 saturated carbocycles. The first-order valence-electron chi connectivity index (χ1n) is 2.86. The maximum atomic E-state index is 11.9. The lowest BCUT2D eigenvalue weighted by molar-refractivity contribution is -0.142. The van der Waals surface area contributed by atoms with Crippen LogP contribution in [0.2, 0.25) is 0 Å². The summed E-state index contributed by atoms with van der Waals surface area (Å²) in [5.74, 6) is -1.19. The van der Waals surface area contributed by atoms with E-state index in [-0.39, 0.29) is 0 Å². The second-order valence-corrected chi connectivity index (χ2v) is 2.86. The monoisotopic (exact) mass is 152 g/mol.